The van der Waals surface area contributed by atoms with E-state index < -0.39 is 0 Å². The van der Waals surface area contributed by atoms with Crippen LogP contribution in [0.5, 0.6) is 0 Å². The Labute approximate surface area is 140 Å². The quantitative estimate of drug-likeness (QED) is 0.518. The van der Waals surface area contributed by atoms with Crippen LogP contribution in [0.4, 0.5) is 0 Å². The molecule has 0 saturated carbocycles. The van der Waals surface area contributed by atoms with Gasteiger partial charge in [-0.2, -0.15) is 0 Å². The Morgan fingerprint density at radius 1 is 1.22 bits per heavy atom. The molecule has 0 aromatic carbocycles. The van der Waals surface area contributed by atoms with Gasteiger partial charge in [0.25, 0.3) is 0 Å². The van der Waals surface area contributed by atoms with Crippen molar-refractivity contribution in [3.63, 3.8) is 0 Å². The summed E-state index contributed by atoms with van der Waals surface area (Å²) in [4.78, 5) is 16.0. The molecular weight excluding hydrogens is 284 g/mol. The van der Waals surface area contributed by atoms with E-state index in [9.17, 15) is 4.79 Å². The Morgan fingerprint density at radius 3 is 2.39 bits per heavy atom. The molecule has 0 N–H and O–H groups in total. The zero-order valence-electron chi connectivity index (χ0n) is 15.1. The van der Waals surface area contributed by atoms with Gasteiger partial charge in [-0.15, -0.1) is 0 Å². The van der Waals surface area contributed by atoms with E-state index in [1.807, 2.05) is 75.6 Å². The minimum absolute atomic E-state index is 0.0376. The van der Waals surface area contributed by atoms with Gasteiger partial charge in [0.15, 0.2) is 5.78 Å². The van der Waals surface area contributed by atoms with Crippen molar-refractivity contribution < 1.29 is 4.79 Å². The van der Waals surface area contributed by atoms with Crippen LogP contribution in [0.15, 0.2) is 54.2 Å². The number of carbonyl (C=O) groups excluding carboxylic acids is 1. The number of rotatable bonds is 4. The molecule has 2 aromatic rings. The van der Waals surface area contributed by atoms with Crippen molar-refractivity contribution in [3.05, 3.63) is 60.5 Å². The van der Waals surface area contributed by atoms with Gasteiger partial charge < -0.3 is 4.40 Å². The van der Waals surface area contributed by atoms with Crippen LogP contribution in [-0.4, -0.2) is 16.4 Å². The molecule has 0 atom stereocenters. The summed E-state index contributed by atoms with van der Waals surface area (Å²) in [7, 11) is 0. The molecule has 2 rings (SSSR count). The molecule has 0 unspecified atom stereocenters. The average molecular weight is 312 g/mol. The number of carbonyl (C=O) groups is 1. The van der Waals surface area contributed by atoms with Crippen LogP contribution in [0.2, 0.25) is 0 Å². The third kappa shape index (κ3) is 5.06. The predicted molar refractivity (Wildman–Crippen MR) is 102 cm³/mol. The zero-order chi connectivity index (χ0) is 17.8. The van der Waals surface area contributed by atoms with E-state index in [-0.39, 0.29) is 5.78 Å². The van der Waals surface area contributed by atoms with E-state index in [2.05, 4.69) is 11.6 Å². The molecule has 0 radical (unpaired) electrons. The van der Waals surface area contributed by atoms with Gasteiger partial charge in [0.05, 0.1) is 16.9 Å². The Morgan fingerprint density at radius 2 is 1.87 bits per heavy atom. The van der Waals surface area contributed by atoms with Gasteiger partial charge in [0, 0.05) is 24.9 Å². The number of hydrogen-bond donors (Lipinski definition) is 0. The number of allylic oxidation sites excluding steroid dienone is 2. The summed E-state index contributed by atoms with van der Waals surface area (Å²) < 4.78 is 1.89. The van der Waals surface area contributed by atoms with Crippen molar-refractivity contribution in [3.8, 4) is 0 Å². The number of fused-ring (bicyclic) bond motifs is 1. The molecule has 0 saturated heterocycles. The maximum atomic E-state index is 11.7. The van der Waals surface area contributed by atoms with E-state index >= 15 is 0 Å². The van der Waals surface area contributed by atoms with Gasteiger partial charge in [-0.1, -0.05) is 52.5 Å². The second kappa shape index (κ2) is 11.2. The summed E-state index contributed by atoms with van der Waals surface area (Å²) in [5.74, 6) is 0.0376. The summed E-state index contributed by atoms with van der Waals surface area (Å²) in [6.45, 7) is 15.1. The highest BCUT2D eigenvalue weighted by Crippen LogP contribution is 2.25. The highest BCUT2D eigenvalue weighted by atomic mass is 16.1. The molecule has 23 heavy (non-hydrogen) atoms. The minimum atomic E-state index is 0.0376. The summed E-state index contributed by atoms with van der Waals surface area (Å²) in [5.41, 5.74) is 3.42. The Hall–Kier alpha value is -2.42. The number of nitrogens with zero attached hydrogens (tertiary/aromatic N) is 2. The number of aromatic nitrogens is 1. The highest BCUT2D eigenvalue weighted by Gasteiger charge is 2.13. The largest absolute Gasteiger partial charge is 0.313 e. The summed E-state index contributed by atoms with van der Waals surface area (Å²) in [6.07, 6.45) is 7.09. The van der Waals surface area contributed by atoms with E-state index in [1.165, 1.54) is 0 Å². The van der Waals surface area contributed by atoms with Crippen molar-refractivity contribution in [2.45, 2.75) is 41.5 Å². The second-order valence-corrected chi connectivity index (χ2v) is 4.14. The minimum Gasteiger partial charge on any atom is -0.313 e. The van der Waals surface area contributed by atoms with E-state index in [0.29, 0.717) is 5.69 Å². The molecule has 0 aliphatic heterocycles. The third-order valence-corrected chi connectivity index (χ3v) is 2.91. The van der Waals surface area contributed by atoms with Gasteiger partial charge >= 0.3 is 0 Å². The molecule has 2 aromatic heterocycles. The monoisotopic (exact) mass is 312 g/mol. The highest BCUT2D eigenvalue weighted by molar-refractivity contribution is 5.97. The SMILES string of the molecule is C=CC=N/C(=C\C)c1cc(C(C)=O)n2ccccc12.CC.CC. The Bertz CT molecular complexity index is 691. The fourth-order valence-corrected chi connectivity index (χ4v) is 2.06. The summed E-state index contributed by atoms with van der Waals surface area (Å²) in [5, 5.41) is 0. The smallest absolute Gasteiger partial charge is 0.176 e. The lowest BCUT2D eigenvalue weighted by Gasteiger charge is -2.00. The van der Waals surface area contributed by atoms with Crippen LogP contribution in [0, 0.1) is 0 Å². The van der Waals surface area contributed by atoms with Crippen LogP contribution in [-0.2, 0) is 0 Å². The lowest BCUT2D eigenvalue weighted by atomic mass is 10.1. The zero-order valence-corrected chi connectivity index (χ0v) is 15.1. The van der Waals surface area contributed by atoms with Crippen LogP contribution < -0.4 is 0 Å². The molecule has 0 amide bonds. The van der Waals surface area contributed by atoms with Crippen molar-refractivity contribution >= 4 is 23.2 Å². The van der Waals surface area contributed by atoms with Crippen LogP contribution in [0.1, 0.15) is 57.6 Å². The van der Waals surface area contributed by atoms with Crippen LogP contribution in [0.25, 0.3) is 11.2 Å². The number of hydrogen-bond acceptors (Lipinski definition) is 2. The van der Waals surface area contributed by atoms with E-state index in [4.69, 9.17) is 0 Å². The van der Waals surface area contributed by atoms with Gasteiger partial charge in [0.1, 0.15) is 0 Å². The number of Topliss-reactive ketones (excluding diaryl/α,β-unsaturated/α-hetero) is 1. The fourth-order valence-electron chi connectivity index (χ4n) is 2.06. The first kappa shape index (κ1) is 20.6. The maximum absolute atomic E-state index is 11.7. The topological polar surface area (TPSA) is 33.8 Å². The van der Waals surface area contributed by atoms with E-state index in [0.717, 1.165) is 16.8 Å². The molecule has 124 valence electrons. The predicted octanol–water partition coefficient (Wildman–Crippen LogP) is 5.81. The number of ketones is 1. The normalized spacial score (nSPS) is 10.6. The maximum Gasteiger partial charge on any atom is 0.176 e. The summed E-state index contributed by atoms with van der Waals surface area (Å²) >= 11 is 0. The first-order valence-electron chi connectivity index (χ1n) is 8.11. The molecule has 0 aliphatic rings. The molecule has 2 heterocycles. The van der Waals surface area contributed by atoms with Crippen molar-refractivity contribution in [1.82, 2.24) is 4.40 Å². The van der Waals surface area contributed by atoms with Crippen molar-refractivity contribution in [1.29, 1.82) is 0 Å². The second-order valence-electron chi connectivity index (χ2n) is 4.14. The number of aliphatic imine (C=N–C) groups is 1. The lowest BCUT2D eigenvalue weighted by molar-refractivity contribution is 0.101. The molecule has 0 spiro atoms. The molecule has 0 fully saturated rings. The van der Waals surface area contributed by atoms with E-state index in [1.54, 1.807) is 19.2 Å². The summed E-state index contributed by atoms with van der Waals surface area (Å²) in [6, 6.07) is 7.72. The van der Waals surface area contributed by atoms with Gasteiger partial charge in [-0.3, -0.25) is 9.79 Å². The third-order valence-electron chi connectivity index (χ3n) is 2.91. The number of pyridine rings is 1. The van der Waals surface area contributed by atoms with Gasteiger partial charge in [-0.25, -0.2) is 0 Å². The molecular formula is C20H28N2O. The first-order chi connectivity index (χ1) is 11.2. The molecule has 0 aliphatic carbocycles. The fraction of sp³-hybridized carbons (Fsp3) is 0.300. The van der Waals surface area contributed by atoms with Crippen molar-refractivity contribution in [2.75, 3.05) is 0 Å². The van der Waals surface area contributed by atoms with Gasteiger partial charge in [-0.05, 0) is 25.1 Å². The molecule has 3 heteroatoms. The van der Waals surface area contributed by atoms with Gasteiger partial charge in [0.2, 0.25) is 0 Å². The Kier molecular flexibility index (Phi) is 10.0. The van der Waals surface area contributed by atoms with Crippen LogP contribution >= 0.6 is 0 Å². The molecule has 3 nitrogen and oxygen atoms in total. The Balaban J connectivity index is 0.00000112. The standard InChI is InChI=1S/C16H16N2O.2C2H6/c1-4-9-17-14(5-2)13-11-16(12(3)19)18-10-7-6-8-15(13)18;2*1-2/h4-11H,1H2,2-3H3;2*1-2H3/b14-5-,17-9?;;. The lowest BCUT2D eigenvalue weighted by Crippen LogP contribution is -1.96. The first-order valence-corrected chi connectivity index (χ1v) is 8.11. The molecule has 0 bridgehead atoms. The average Bonchev–Trinajstić information content (AvgIpc) is 2.99. The van der Waals surface area contributed by atoms with Crippen molar-refractivity contribution in [2.24, 2.45) is 4.99 Å². The van der Waals surface area contributed by atoms with Crippen LogP contribution in [0.3, 0.4) is 0 Å².